The summed E-state index contributed by atoms with van der Waals surface area (Å²) in [5.74, 6) is 1.03. The molecule has 0 bridgehead atoms. The van der Waals surface area contributed by atoms with Crippen LogP contribution in [-0.4, -0.2) is 19.7 Å². The summed E-state index contributed by atoms with van der Waals surface area (Å²) in [5.41, 5.74) is 3.86. The van der Waals surface area contributed by atoms with Gasteiger partial charge in [-0.3, -0.25) is 0 Å². The average Bonchev–Trinajstić information content (AvgIpc) is 2.25. The lowest BCUT2D eigenvalue weighted by Gasteiger charge is -2.11. The first-order valence-electron chi connectivity index (χ1n) is 6.06. The number of benzene rings is 1. The summed E-state index contributed by atoms with van der Waals surface area (Å²) in [7, 11) is 0. The number of hydrogen-bond acceptors (Lipinski definition) is 2. The quantitative estimate of drug-likeness (QED) is 0.746. The van der Waals surface area contributed by atoms with Crippen LogP contribution in [0.5, 0.6) is 5.75 Å². The SMILES string of the molecule is CCNCCCOc1cc(C)c(C)cc1C. The van der Waals surface area contributed by atoms with Crippen LogP contribution in [0.2, 0.25) is 0 Å². The van der Waals surface area contributed by atoms with Gasteiger partial charge in [0.05, 0.1) is 6.61 Å². The Balaban J connectivity index is 2.45. The van der Waals surface area contributed by atoms with E-state index in [1.165, 1.54) is 16.7 Å². The lowest BCUT2D eigenvalue weighted by molar-refractivity contribution is 0.306. The molecule has 0 atom stereocenters. The molecule has 1 aromatic rings. The lowest BCUT2D eigenvalue weighted by Crippen LogP contribution is -2.16. The van der Waals surface area contributed by atoms with Crippen molar-refractivity contribution in [2.45, 2.75) is 34.1 Å². The van der Waals surface area contributed by atoms with E-state index in [2.05, 4.69) is 45.1 Å². The Hall–Kier alpha value is -1.02. The molecule has 0 aliphatic rings. The zero-order chi connectivity index (χ0) is 12.0. The average molecular weight is 221 g/mol. The molecule has 0 aliphatic heterocycles. The highest BCUT2D eigenvalue weighted by molar-refractivity contribution is 5.40. The molecule has 0 fully saturated rings. The van der Waals surface area contributed by atoms with Crippen LogP contribution in [0, 0.1) is 20.8 Å². The van der Waals surface area contributed by atoms with Crippen molar-refractivity contribution in [3.8, 4) is 5.75 Å². The van der Waals surface area contributed by atoms with Gasteiger partial charge < -0.3 is 10.1 Å². The third-order valence-electron chi connectivity index (χ3n) is 2.80. The molecule has 1 aromatic carbocycles. The highest BCUT2D eigenvalue weighted by Gasteiger charge is 2.02. The number of nitrogens with one attached hydrogen (secondary N) is 1. The highest BCUT2D eigenvalue weighted by atomic mass is 16.5. The van der Waals surface area contributed by atoms with Crippen LogP contribution in [0.4, 0.5) is 0 Å². The van der Waals surface area contributed by atoms with Gasteiger partial charge in [-0.1, -0.05) is 13.0 Å². The number of hydrogen-bond donors (Lipinski definition) is 1. The van der Waals surface area contributed by atoms with E-state index >= 15 is 0 Å². The fourth-order valence-electron chi connectivity index (χ4n) is 1.65. The van der Waals surface area contributed by atoms with Gasteiger partial charge in [0.2, 0.25) is 0 Å². The molecule has 16 heavy (non-hydrogen) atoms. The van der Waals surface area contributed by atoms with E-state index in [0.717, 1.165) is 31.9 Å². The molecule has 90 valence electrons. The van der Waals surface area contributed by atoms with E-state index in [4.69, 9.17) is 4.74 Å². The van der Waals surface area contributed by atoms with Gasteiger partial charge in [0.15, 0.2) is 0 Å². The van der Waals surface area contributed by atoms with Crippen LogP contribution in [0.3, 0.4) is 0 Å². The fourth-order valence-corrected chi connectivity index (χ4v) is 1.65. The molecular weight excluding hydrogens is 198 g/mol. The van der Waals surface area contributed by atoms with Crippen molar-refractivity contribution in [3.05, 3.63) is 28.8 Å². The Bertz CT molecular complexity index is 334. The Morgan fingerprint density at radius 1 is 1.06 bits per heavy atom. The fraction of sp³-hybridized carbons (Fsp3) is 0.571. The molecule has 0 saturated carbocycles. The van der Waals surface area contributed by atoms with E-state index in [1.54, 1.807) is 0 Å². The van der Waals surface area contributed by atoms with E-state index in [0.29, 0.717) is 0 Å². The van der Waals surface area contributed by atoms with Crippen LogP contribution in [0.15, 0.2) is 12.1 Å². The standard InChI is InChI=1S/C14H23NO/c1-5-15-7-6-8-16-14-10-12(3)11(2)9-13(14)4/h9-10,15H,5-8H2,1-4H3. The second-order valence-corrected chi connectivity index (χ2v) is 4.26. The van der Waals surface area contributed by atoms with Gasteiger partial charge in [-0.2, -0.15) is 0 Å². The minimum absolute atomic E-state index is 0.788. The zero-order valence-corrected chi connectivity index (χ0v) is 10.9. The largest absolute Gasteiger partial charge is 0.493 e. The molecule has 0 saturated heterocycles. The molecule has 1 N–H and O–H groups in total. The van der Waals surface area contributed by atoms with Gasteiger partial charge >= 0.3 is 0 Å². The van der Waals surface area contributed by atoms with Crippen molar-refractivity contribution in [3.63, 3.8) is 0 Å². The van der Waals surface area contributed by atoms with Gasteiger partial charge in [0, 0.05) is 0 Å². The molecule has 2 nitrogen and oxygen atoms in total. The molecule has 1 rings (SSSR count). The Kier molecular flexibility index (Phi) is 5.33. The maximum absolute atomic E-state index is 5.78. The molecule has 0 amide bonds. The van der Waals surface area contributed by atoms with Crippen molar-refractivity contribution in [2.75, 3.05) is 19.7 Å². The van der Waals surface area contributed by atoms with Gasteiger partial charge in [-0.25, -0.2) is 0 Å². The highest BCUT2D eigenvalue weighted by Crippen LogP contribution is 2.22. The Morgan fingerprint density at radius 3 is 2.44 bits per heavy atom. The summed E-state index contributed by atoms with van der Waals surface area (Å²) in [6.45, 7) is 11.3. The van der Waals surface area contributed by atoms with E-state index in [-0.39, 0.29) is 0 Å². The molecular formula is C14H23NO. The maximum atomic E-state index is 5.78. The predicted molar refractivity (Wildman–Crippen MR) is 69.3 cm³/mol. The molecule has 2 heteroatoms. The third-order valence-corrected chi connectivity index (χ3v) is 2.80. The smallest absolute Gasteiger partial charge is 0.122 e. The molecule has 0 heterocycles. The zero-order valence-electron chi connectivity index (χ0n) is 10.9. The minimum atomic E-state index is 0.788. The number of rotatable bonds is 6. The molecule has 0 unspecified atom stereocenters. The topological polar surface area (TPSA) is 21.3 Å². The number of aryl methyl sites for hydroxylation is 3. The van der Waals surface area contributed by atoms with Crippen LogP contribution in [-0.2, 0) is 0 Å². The first-order valence-corrected chi connectivity index (χ1v) is 6.06. The lowest BCUT2D eigenvalue weighted by atomic mass is 10.1. The Labute approximate surface area is 99.0 Å². The molecule has 0 radical (unpaired) electrons. The molecule has 0 spiro atoms. The van der Waals surface area contributed by atoms with Gasteiger partial charge in [0.25, 0.3) is 0 Å². The van der Waals surface area contributed by atoms with Crippen molar-refractivity contribution in [1.29, 1.82) is 0 Å². The summed E-state index contributed by atoms with van der Waals surface area (Å²) in [5, 5.41) is 3.29. The van der Waals surface area contributed by atoms with Gasteiger partial charge in [-0.05, 0) is 63.0 Å². The number of ether oxygens (including phenoxy) is 1. The second-order valence-electron chi connectivity index (χ2n) is 4.26. The van der Waals surface area contributed by atoms with Crippen molar-refractivity contribution in [2.24, 2.45) is 0 Å². The first kappa shape index (κ1) is 13.0. The summed E-state index contributed by atoms with van der Waals surface area (Å²) < 4.78 is 5.78. The van der Waals surface area contributed by atoms with Crippen LogP contribution in [0.25, 0.3) is 0 Å². The van der Waals surface area contributed by atoms with E-state index in [9.17, 15) is 0 Å². The van der Waals surface area contributed by atoms with Gasteiger partial charge in [-0.15, -0.1) is 0 Å². The van der Waals surface area contributed by atoms with Crippen LogP contribution < -0.4 is 10.1 Å². The summed E-state index contributed by atoms with van der Waals surface area (Å²) >= 11 is 0. The summed E-state index contributed by atoms with van der Waals surface area (Å²) in [6.07, 6.45) is 1.06. The third kappa shape index (κ3) is 3.86. The first-order chi connectivity index (χ1) is 7.65. The minimum Gasteiger partial charge on any atom is -0.493 e. The monoisotopic (exact) mass is 221 g/mol. The van der Waals surface area contributed by atoms with Crippen LogP contribution in [0.1, 0.15) is 30.0 Å². The molecule has 0 aromatic heterocycles. The summed E-state index contributed by atoms with van der Waals surface area (Å²) in [6, 6.07) is 4.33. The van der Waals surface area contributed by atoms with E-state index in [1.807, 2.05) is 0 Å². The van der Waals surface area contributed by atoms with Crippen molar-refractivity contribution in [1.82, 2.24) is 5.32 Å². The maximum Gasteiger partial charge on any atom is 0.122 e. The van der Waals surface area contributed by atoms with Crippen molar-refractivity contribution < 1.29 is 4.74 Å². The van der Waals surface area contributed by atoms with Crippen molar-refractivity contribution >= 4 is 0 Å². The predicted octanol–water partition coefficient (Wildman–Crippen LogP) is 2.99. The Morgan fingerprint density at radius 2 is 1.75 bits per heavy atom. The summed E-state index contributed by atoms with van der Waals surface area (Å²) in [4.78, 5) is 0. The van der Waals surface area contributed by atoms with E-state index < -0.39 is 0 Å². The molecule has 0 aliphatic carbocycles. The van der Waals surface area contributed by atoms with Crippen LogP contribution >= 0.6 is 0 Å². The second kappa shape index (κ2) is 6.54. The normalized spacial score (nSPS) is 10.5. The van der Waals surface area contributed by atoms with Gasteiger partial charge in [0.1, 0.15) is 5.75 Å².